The number of amides is 1. The molecule has 0 saturated heterocycles. The van der Waals surface area contributed by atoms with Gasteiger partial charge in [-0.2, -0.15) is 18.3 Å². The average Bonchev–Trinajstić information content (AvgIpc) is 2.95. The van der Waals surface area contributed by atoms with E-state index in [1.54, 1.807) is 6.07 Å². The Labute approximate surface area is 158 Å². The van der Waals surface area contributed by atoms with Gasteiger partial charge in [0, 0.05) is 19.2 Å². The predicted molar refractivity (Wildman–Crippen MR) is 90.2 cm³/mol. The second-order valence-corrected chi connectivity index (χ2v) is 7.08. The van der Waals surface area contributed by atoms with E-state index in [2.05, 4.69) is 15.3 Å². The number of carbonyl (C=O) groups excluding carboxylic acids is 1. The van der Waals surface area contributed by atoms with E-state index in [1.807, 2.05) is 0 Å². The highest BCUT2D eigenvalue weighted by atomic mass is 19.4. The maximum atomic E-state index is 12.9. The SMILES string of the molecule is O=C(Cn1nc2c(cc1=O)CCCCC2)N1CCn2c(nnc2C(F)(F)F)C1. The van der Waals surface area contributed by atoms with Crippen molar-refractivity contribution in [3.8, 4) is 0 Å². The number of nitrogens with zero attached hydrogens (tertiary/aromatic N) is 6. The smallest absolute Gasteiger partial charge is 0.332 e. The van der Waals surface area contributed by atoms with Gasteiger partial charge in [0.1, 0.15) is 6.54 Å². The highest BCUT2D eigenvalue weighted by Gasteiger charge is 2.39. The number of halogens is 3. The summed E-state index contributed by atoms with van der Waals surface area (Å²) < 4.78 is 40.9. The Balaban J connectivity index is 1.50. The lowest BCUT2D eigenvalue weighted by Gasteiger charge is -2.28. The summed E-state index contributed by atoms with van der Waals surface area (Å²) in [4.78, 5) is 26.3. The minimum Gasteiger partial charge on any atom is -0.332 e. The molecule has 8 nitrogen and oxygen atoms in total. The first-order chi connectivity index (χ1) is 13.3. The van der Waals surface area contributed by atoms with Crippen LogP contribution in [0.2, 0.25) is 0 Å². The molecule has 0 fully saturated rings. The zero-order valence-corrected chi connectivity index (χ0v) is 15.1. The van der Waals surface area contributed by atoms with Crippen molar-refractivity contribution in [2.75, 3.05) is 6.54 Å². The monoisotopic (exact) mass is 396 g/mol. The summed E-state index contributed by atoms with van der Waals surface area (Å²) in [6.07, 6.45) is 0.0990. The van der Waals surface area contributed by atoms with Crippen molar-refractivity contribution in [1.82, 2.24) is 29.4 Å². The minimum atomic E-state index is -4.59. The van der Waals surface area contributed by atoms with Crippen LogP contribution in [0.3, 0.4) is 0 Å². The molecule has 3 heterocycles. The van der Waals surface area contributed by atoms with Gasteiger partial charge in [-0.25, -0.2) is 4.68 Å². The van der Waals surface area contributed by atoms with Crippen LogP contribution in [0.15, 0.2) is 10.9 Å². The molecule has 1 aliphatic heterocycles. The van der Waals surface area contributed by atoms with E-state index in [4.69, 9.17) is 0 Å². The number of rotatable bonds is 2. The van der Waals surface area contributed by atoms with Crippen LogP contribution in [0, 0.1) is 0 Å². The number of aromatic nitrogens is 5. The zero-order valence-electron chi connectivity index (χ0n) is 15.1. The Morgan fingerprint density at radius 2 is 1.89 bits per heavy atom. The quantitative estimate of drug-likeness (QED) is 0.712. The van der Waals surface area contributed by atoms with Gasteiger partial charge in [-0.1, -0.05) is 6.42 Å². The molecule has 2 aromatic rings. The Morgan fingerprint density at radius 3 is 2.68 bits per heavy atom. The van der Waals surface area contributed by atoms with E-state index >= 15 is 0 Å². The van der Waals surface area contributed by atoms with Crippen molar-refractivity contribution < 1.29 is 18.0 Å². The number of hydrogen-bond donors (Lipinski definition) is 0. The number of carbonyl (C=O) groups is 1. The number of fused-ring (bicyclic) bond motifs is 2. The lowest BCUT2D eigenvalue weighted by Crippen LogP contribution is -2.42. The maximum Gasteiger partial charge on any atom is 0.451 e. The van der Waals surface area contributed by atoms with Crippen molar-refractivity contribution in [1.29, 1.82) is 0 Å². The normalized spacial score (nSPS) is 17.0. The maximum absolute atomic E-state index is 12.9. The first kappa shape index (κ1) is 18.6. The van der Waals surface area contributed by atoms with E-state index in [0.717, 1.165) is 52.6 Å². The third kappa shape index (κ3) is 3.52. The molecule has 11 heteroatoms. The van der Waals surface area contributed by atoms with Gasteiger partial charge in [0.15, 0.2) is 5.82 Å². The van der Waals surface area contributed by atoms with Crippen molar-refractivity contribution in [2.24, 2.45) is 0 Å². The van der Waals surface area contributed by atoms with Crippen LogP contribution in [-0.4, -0.2) is 41.9 Å². The first-order valence-corrected chi connectivity index (χ1v) is 9.20. The largest absolute Gasteiger partial charge is 0.451 e. The van der Waals surface area contributed by atoms with Gasteiger partial charge in [0.25, 0.3) is 5.56 Å². The third-order valence-corrected chi connectivity index (χ3v) is 5.17. The molecule has 150 valence electrons. The van der Waals surface area contributed by atoms with Crippen LogP contribution >= 0.6 is 0 Å². The molecule has 1 amide bonds. The molecule has 0 N–H and O–H groups in total. The molecule has 0 atom stereocenters. The number of hydrogen-bond acceptors (Lipinski definition) is 5. The summed E-state index contributed by atoms with van der Waals surface area (Å²) in [5.41, 5.74) is 1.45. The Morgan fingerprint density at radius 1 is 1.11 bits per heavy atom. The van der Waals surface area contributed by atoms with Gasteiger partial charge in [-0.05, 0) is 31.2 Å². The fraction of sp³-hybridized carbons (Fsp3) is 0.588. The van der Waals surface area contributed by atoms with Gasteiger partial charge in [-0.15, -0.1) is 10.2 Å². The van der Waals surface area contributed by atoms with Crippen LogP contribution < -0.4 is 5.56 Å². The van der Waals surface area contributed by atoms with Crippen LogP contribution in [0.1, 0.15) is 42.2 Å². The zero-order chi connectivity index (χ0) is 19.9. The molecule has 0 unspecified atom stereocenters. The topological polar surface area (TPSA) is 85.9 Å². The van der Waals surface area contributed by atoms with Crippen molar-refractivity contribution in [3.63, 3.8) is 0 Å². The second-order valence-electron chi connectivity index (χ2n) is 7.08. The third-order valence-electron chi connectivity index (χ3n) is 5.17. The Bertz CT molecular complexity index is 965. The second kappa shape index (κ2) is 7.02. The summed E-state index contributed by atoms with van der Waals surface area (Å²) in [5.74, 6) is -1.36. The molecule has 1 aliphatic carbocycles. The molecule has 0 spiro atoms. The van der Waals surface area contributed by atoms with E-state index in [9.17, 15) is 22.8 Å². The Hall–Kier alpha value is -2.72. The first-order valence-electron chi connectivity index (χ1n) is 9.20. The van der Waals surface area contributed by atoms with Gasteiger partial charge < -0.3 is 9.47 Å². The highest BCUT2D eigenvalue weighted by molar-refractivity contribution is 5.75. The van der Waals surface area contributed by atoms with E-state index in [1.165, 1.54) is 4.90 Å². The fourth-order valence-corrected chi connectivity index (χ4v) is 3.70. The van der Waals surface area contributed by atoms with Crippen LogP contribution in [0.5, 0.6) is 0 Å². The molecule has 0 radical (unpaired) electrons. The van der Waals surface area contributed by atoms with Crippen molar-refractivity contribution >= 4 is 5.91 Å². The van der Waals surface area contributed by atoms with Gasteiger partial charge in [0.05, 0.1) is 12.2 Å². The molecule has 4 rings (SSSR count). The molecular weight excluding hydrogens is 377 g/mol. The molecule has 0 bridgehead atoms. The summed E-state index contributed by atoms with van der Waals surface area (Å²) in [7, 11) is 0. The molecule has 2 aliphatic rings. The van der Waals surface area contributed by atoms with Crippen LogP contribution in [0.25, 0.3) is 0 Å². The standard InChI is InChI=1S/C17H19F3N6O2/c18-17(19,20)16-22-21-13-9-24(6-7-25(13)16)15(28)10-26-14(27)8-11-4-2-1-3-5-12(11)23-26/h8H,1-7,9-10H2. The van der Waals surface area contributed by atoms with Gasteiger partial charge >= 0.3 is 6.18 Å². The van der Waals surface area contributed by atoms with Crippen molar-refractivity contribution in [3.05, 3.63) is 39.3 Å². The van der Waals surface area contributed by atoms with Gasteiger partial charge in [0.2, 0.25) is 11.7 Å². The molecular formula is C17H19F3N6O2. The molecule has 0 saturated carbocycles. The fourth-order valence-electron chi connectivity index (χ4n) is 3.70. The number of alkyl halides is 3. The summed E-state index contributed by atoms with van der Waals surface area (Å²) >= 11 is 0. The van der Waals surface area contributed by atoms with E-state index in [-0.39, 0.29) is 43.5 Å². The summed E-state index contributed by atoms with van der Waals surface area (Å²) in [6.45, 7) is -0.282. The molecule has 28 heavy (non-hydrogen) atoms. The summed E-state index contributed by atoms with van der Waals surface area (Å²) in [5, 5.41) is 11.1. The lowest BCUT2D eigenvalue weighted by molar-refractivity contribution is -0.148. The summed E-state index contributed by atoms with van der Waals surface area (Å²) in [6, 6.07) is 1.55. The van der Waals surface area contributed by atoms with E-state index < -0.39 is 12.0 Å². The highest BCUT2D eigenvalue weighted by Crippen LogP contribution is 2.29. The van der Waals surface area contributed by atoms with Crippen LogP contribution in [0.4, 0.5) is 13.2 Å². The number of aryl methyl sites for hydroxylation is 2. The van der Waals surface area contributed by atoms with Crippen LogP contribution in [-0.2, 0) is 43.4 Å². The molecule has 2 aromatic heterocycles. The van der Waals surface area contributed by atoms with Crippen molar-refractivity contribution in [2.45, 2.75) is 57.9 Å². The lowest BCUT2D eigenvalue weighted by atomic mass is 10.1. The Kier molecular flexibility index (Phi) is 4.68. The van der Waals surface area contributed by atoms with Gasteiger partial charge in [-0.3, -0.25) is 9.59 Å². The molecule has 0 aromatic carbocycles. The average molecular weight is 396 g/mol. The van der Waals surface area contributed by atoms with E-state index in [0.29, 0.717) is 0 Å². The predicted octanol–water partition coefficient (Wildman–Crippen LogP) is 1.16. The minimum absolute atomic E-state index is 0.0462.